The molecular weight excluding hydrogens is 284 g/mol. The number of carbonyl (C=O) groups excluding carboxylic acids is 2. The minimum absolute atomic E-state index is 0.00461. The van der Waals surface area contributed by atoms with Crippen LogP contribution in [0.15, 0.2) is 24.3 Å². The molecule has 1 aromatic rings. The molecule has 0 unspecified atom stereocenters. The van der Waals surface area contributed by atoms with Gasteiger partial charge >= 0.3 is 0 Å². The lowest BCUT2D eigenvalue weighted by molar-refractivity contribution is -0.137. The molecule has 1 aliphatic heterocycles. The lowest BCUT2D eigenvalue weighted by Gasteiger charge is -2.31. The summed E-state index contributed by atoms with van der Waals surface area (Å²) in [5.41, 5.74) is 7.77. The quantitative estimate of drug-likeness (QED) is 0.909. The Kier molecular flexibility index (Phi) is 4.93. The van der Waals surface area contributed by atoms with E-state index in [4.69, 9.17) is 5.73 Å². The highest BCUT2D eigenvalue weighted by molar-refractivity contribution is 8.00. The molecule has 1 aromatic carbocycles. The summed E-state index contributed by atoms with van der Waals surface area (Å²) in [5.74, 6) is 0.284. The minimum Gasteiger partial charge on any atom is -0.368 e. The van der Waals surface area contributed by atoms with E-state index >= 15 is 0 Å². The van der Waals surface area contributed by atoms with Gasteiger partial charge in [0.25, 0.3) is 0 Å². The van der Waals surface area contributed by atoms with Gasteiger partial charge in [-0.05, 0) is 24.8 Å². The number of benzene rings is 1. The second-order valence-electron chi connectivity index (χ2n) is 5.92. The Bertz CT molecular complexity index is 528. The van der Waals surface area contributed by atoms with E-state index in [-0.39, 0.29) is 11.3 Å². The first-order chi connectivity index (χ1) is 9.90. The number of hydrogen-bond acceptors (Lipinski definition) is 3. The normalized spacial score (nSPS) is 20.1. The van der Waals surface area contributed by atoms with Crippen LogP contribution in [0.5, 0.6) is 0 Å². The molecule has 1 aliphatic rings. The molecular formula is C16H22N2O2S. The molecule has 1 saturated heterocycles. The smallest absolute Gasteiger partial charge is 0.240 e. The maximum atomic E-state index is 12.2. The number of rotatable bonds is 5. The molecule has 0 radical (unpaired) electrons. The Morgan fingerprint density at radius 3 is 2.52 bits per heavy atom. The van der Waals surface area contributed by atoms with E-state index in [1.165, 1.54) is 5.56 Å². The Morgan fingerprint density at radius 1 is 1.38 bits per heavy atom. The summed E-state index contributed by atoms with van der Waals surface area (Å²) < 4.78 is 0. The fourth-order valence-corrected chi connectivity index (χ4v) is 3.80. The van der Waals surface area contributed by atoms with Crippen molar-refractivity contribution in [2.45, 2.75) is 38.6 Å². The number of primary amides is 1. The van der Waals surface area contributed by atoms with Gasteiger partial charge in [0.2, 0.25) is 11.8 Å². The first kappa shape index (κ1) is 15.9. The molecule has 0 aromatic heterocycles. The van der Waals surface area contributed by atoms with Crippen LogP contribution in [0.3, 0.4) is 0 Å². The van der Waals surface area contributed by atoms with Crippen molar-refractivity contribution < 1.29 is 9.59 Å². The number of nitrogens with zero attached hydrogens (tertiary/aromatic N) is 1. The number of aryl methyl sites for hydroxylation is 1. The molecule has 21 heavy (non-hydrogen) atoms. The molecule has 1 fully saturated rings. The van der Waals surface area contributed by atoms with Gasteiger partial charge < -0.3 is 10.6 Å². The maximum absolute atomic E-state index is 12.2. The fraction of sp³-hybridized carbons (Fsp3) is 0.500. The molecule has 0 spiro atoms. The van der Waals surface area contributed by atoms with E-state index < -0.39 is 11.9 Å². The van der Waals surface area contributed by atoms with Crippen LogP contribution < -0.4 is 5.73 Å². The molecule has 4 nitrogen and oxygen atoms in total. The standard InChI is InChI=1S/C16H22N2O2S/c1-10(2)8-13(15(17)20)18-14(19)9-21-16(18)12-6-4-11(3)5-7-12/h4-7,10,13,16H,8-9H2,1-3H3,(H2,17,20)/t13-,16+/m0/s1. The van der Waals surface area contributed by atoms with Gasteiger partial charge in [-0.15, -0.1) is 11.8 Å². The largest absolute Gasteiger partial charge is 0.368 e. The zero-order valence-electron chi connectivity index (χ0n) is 12.7. The first-order valence-corrected chi connectivity index (χ1v) is 8.23. The summed E-state index contributed by atoms with van der Waals surface area (Å²) in [5, 5.41) is -0.116. The van der Waals surface area contributed by atoms with Crippen molar-refractivity contribution in [3.05, 3.63) is 35.4 Å². The van der Waals surface area contributed by atoms with E-state index in [0.717, 1.165) is 5.56 Å². The van der Waals surface area contributed by atoms with Gasteiger partial charge in [-0.2, -0.15) is 0 Å². The summed E-state index contributed by atoms with van der Waals surface area (Å²) in [7, 11) is 0. The molecule has 2 rings (SSSR count). The van der Waals surface area contributed by atoms with Crippen molar-refractivity contribution in [3.63, 3.8) is 0 Å². The molecule has 0 bridgehead atoms. The average molecular weight is 306 g/mol. The Balaban J connectivity index is 2.30. The van der Waals surface area contributed by atoms with Crippen LogP contribution in [0.25, 0.3) is 0 Å². The lowest BCUT2D eigenvalue weighted by atomic mass is 10.0. The van der Waals surface area contributed by atoms with E-state index in [0.29, 0.717) is 18.1 Å². The second-order valence-corrected chi connectivity index (χ2v) is 6.99. The summed E-state index contributed by atoms with van der Waals surface area (Å²) in [6.07, 6.45) is 0.601. The lowest BCUT2D eigenvalue weighted by Crippen LogP contribution is -2.47. The van der Waals surface area contributed by atoms with Crippen LogP contribution >= 0.6 is 11.8 Å². The molecule has 1 heterocycles. The van der Waals surface area contributed by atoms with Crippen molar-refractivity contribution in [3.8, 4) is 0 Å². The Hall–Kier alpha value is -1.49. The third-order valence-corrected chi connectivity index (χ3v) is 4.86. The zero-order valence-corrected chi connectivity index (χ0v) is 13.5. The third kappa shape index (κ3) is 3.59. The second kappa shape index (κ2) is 6.52. The van der Waals surface area contributed by atoms with Crippen LogP contribution in [0.4, 0.5) is 0 Å². The van der Waals surface area contributed by atoms with Gasteiger partial charge in [0.15, 0.2) is 0 Å². The predicted octanol–water partition coefficient (Wildman–Crippen LogP) is 2.47. The van der Waals surface area contributed by atoms with Gasteiger partial charge in [-0.3, -0.25) is 9.59 Å². The summed E-state index contributed by atoms with van der Waals surface area (Å²) in [6, 6.07) is 7.56. The highest BCUT2D eigenvalue weighted by atomic mass is 32.2. The number of thioether (sulfide) groups is 1. The Morgan fingerprint density at radius 2 is 2.00 bits per heavy atom. The molecule has 0 saturated carbocycles. The number of carbonyl (C=O) groups is 2. The predicted molar refractivity (Wildman–Crippen MR) is 85.7 cm³/mol. The maximum Gasteiger partial charge on any atom is 0.240 e. The van der Waals surface area contributed by atoms with Gasteiger partial charge in [0.1, 0.15) is 11.4 Å². The highest BCUT2D eigenvalue weighted by Crippen LogP contribution is 2.40. The first-order valence-electron chi connectivity index (χ1n) is 7.18. The topological polar surface area (TPSA) is 63.4 Å². The van der Waals surface area contributed by atoms with E-state index in [1.807, 2.05) is 45.0 Å². The van der Waals surface area contributed by atoms with Crippen molar-refractivity contribution >= 4 is 23.6 Å². The van der Waals surface area contributed by atoms with Crippen molar-refractivity contribution in [2.24, 2.45) is 11.7 Å². The molecule has 5 heteroatoms. The van der Waals surface area contributed by atoms with Crippen LogP contribution in [0, 0.1) is 12.8 Å². The van der Waals surface area contributed by atoms with E-state index in [1.54, 1.807) is 16.7 Å². The Labute approximate surface area is 130 Å². The molecule has 2 atom stereocenters. The minimum atomic E-state index is -0.529. The van der Waals surface area contributed by atoms with Crippen molar-refractivity contribution in [1.82, 2.24) is 4.90 Å². The van der Waals surface area contributed by atoms with Crippen LogP contribution in [-0.2, 0) is 9.59 Å². The average Bonchev–Trinajstić information content (AvgIpc) is 2.78. The van der Waals surface area contributed by atoms with Crippen LogP contribution in [0.1, 0.15) is 36.8 Å². The third-order valence-electron chi connectivity index (χ3n) is 3.63. The summed E-state index contributed by atoms with van der Waals surface area (Å²) >= 11 is 1.56. The van der Waals surface area contributed by atoms with E-state index in [9.17, 15) is 9.59 Å². The number of amides is 2. The fourth-order valence-electron chi connectivity index (χ4n) is 2.57. The summed E-state index contributed by atoms with van der Waals surface area (Å²) in [4.78, 5) is 25.7. The van der Waals surface area contributed by atoms with Gasteiger partial charge in [0.05, 0.1) is 5.75 Å². The van der Waals surface area contributed by atoms with Gasteiger partial charge in [-0.1, -0.05) is 43.7 Å². The molecule has 2 amide bonds. The monoisotopic (exact) mass is 306 g/mol. The number of nitrogens with two attached hydrogens (primary N) is 1. The zero-order chi connectivity index (χ0) is 15.6. The van der Waals surface area contributed by atoms with Crippen LogP contribution in [-0.4, -0.2) is 28.5 Å². The van der Waals surface area contributed by atoms with Crippen molar-refractivity contribution in [1.29, 1.82) is 0 Å². The molecule has 114 valence electrons. The summed E-state index contributed by atoms with van der Waals surface area (Å²) in [6.45, 7) is 6.09. The highest BCUT2D eigenvalue weighted by Gasteiger charge is 2.40. The van der Waals surface area contributed by atoms with Crippen LogP contribution in [0.2, 0.25) is 0 Å². The van der Waals surface area contributed by atoms with Gasteiger partial charge in [0, 0.05) is 0 Å². The van der Waals surface area contributed by atoms with Gasteiger partial charge in [-0.25, -0.2) is 0 Å². The SMILES string of the molecule is Cc1ccc([C@H]2SCC(=O)N2[C@@H](CC(C)C)C(N)=O)cc1. The molecule has 2 N–H and O–H groups in total. The molecule has 0 aliphatic carbocycles. The van der Waals surface area contributed by atoms with Crippen molar-refractivity contribution in [2.75, 3.05) is 5.75 Å². The van der Waals surface area contributed by atoms with E-state index in [2.05, 4.69) is 0 Å². The number of hydrogen-bond donors (Lipinski definition) is 1.